The van der Waals surface area contributed by atoms with E-state index < -0.39 is 37.3 Å². The van der Waals surface area contributed by atoms with Crippen LogP contribution in [0.4, 0.5) is 11.4 Å². The van der Waals surface area contributed by atoms with Crippen LogP contribution in [0.5, 0.6) is 5.75 Å². The van der Waals surface area contributed by atoms with Gasteiger partial charge >= 0.3 is 5.69 Å². The van der Waals surface area contributed by atoms with E-state index in [9.17, 15) is 28.6 Å². The van der Waals surface area contributed by atoms with E-state index in [1.807, 2.05) is 6.92 Å². The Morgan fingerprint density at radius 2 is 1.78 bits per heavy atom. The predicted octanol–water partition coefficient (Wildman–Crippen LogP) is 1.38. The average molecular weight is 470 g/mol. The minimum Gasteiger partial charge on any atom is -0.490 e. The van der Waals surface area contributed by atoms with Crippen LogP contribution in [-0.4, -0.2) is 47.3 Å². The second-order valence-electron chi connectivity index (χ2n) is 5.73. The standard InChI is InChI=1S/C9H10N6O6.C7H8O3S/c1-21-8-5(4-11-12-9(10)13-16)2-6(14(17)18)3-7(8)15(19)20;1-6-2-4-7(5-3-6)11(8,9)10/h2-4,16H,1H3,(H3,10,12,13);2-5H,1H3,(H,8,9,10). The van der Waals surface area contributed by atoms with Crippen LogP contribution >= 0.6 is 0 Å². The fraction of sp³-hybridized carbons (Fsp3) is 0.125. The minimum atomic E-state index is -4.02. The number of nitro benzene ring substituents is 2. The van der Waals surface area contributed by atoms with Crippen molar-refractivity contribution in [2.45, 2.75) is 11.8 Å². The van der Waals surface area contributed by atoms with Crippen molar-refractivity contribution in [3.63, 3.8) is 0 Å². The van der Waals surface area contributed by atoms with Crippen molar-refractivity contribution >= 4 is 33.7 Å². The summed E-state index contributed by atoms with van der Waals surface area (Å²) in [4.78, 5) is 20.0. The third-order valence-corrected chi connectivity index (χ3v) is 4.36. The first-order valence-corrected chi connectivity index (χ1v) is 9.66. The van der Waals surface area contributed by atoms with Crippen LogP contribution < -0.4 is 16.0 Å². The molecule has 32 heavy (non-hydrogen) atoms. The molecule has 0 amide bonds. The number of hydroxylamine groups is 1. The van der Waals surface area contributed by atoms with Gasteiger partial charge in [0.2, 0.25) is 11.7 Å². The monoisotopic (exact) mass is 470 g/mol. The Morgan fingerprint density at radius 3 is 2.22 bits per heavy atom. The number of hydrogen-bond acceptors (Lipinski definition) is 10. The number of rotatable bonds is 6. The third kappa shape index (κ3) is 7.59. The lowest BCUT2D eigenvalue weighted by atomic mass is 10.1. The van der Waals surface area contributed by atoms with Gasteiger partial charge in [-0.1, -0.05) is 17.7 Å². The van der Waals surface area contributed by atoms with Crippen LogP contribution in [0.25, 0.3) is 0 Å². The van der Waals surface area contributed by atoms with E-state index in [0.29, 0.717) is 0 Å². The molecular weight excluding hydrogens is 452 g/mol. The maximum absolute atomic E-state index is 10.9. The van der Waals surface area contributed by atoms with Crippen molar-refractivity contribution in [1.82, 2.24) is 5.48 Å². The van der Waals surface area contributed by atoms with Gasteiger partial charge in [-0.2, -0.15) is 13.5 Å². The van der Waals surface area contributed by atoms with Crippen molar-refractivity contribution in [3.05, 3.63) is 67.8 Å². The van der Waals surface area contributed by atoms with Crippen LogP contribution in [0.3, 0.4) is 0 Å². The minimum absolute atomic E-state index is 0.0483. The largest absolute Gasteiger partial charge is 0.490 e. The second kappa shape index (κ2) is 11.3. The van der Waals surface area contributed by atoms with Crippen LogP contribution in [0, 0.1) is 27.2 Å². The van der Waals surface area contributed by atoms with Gasteiger partial charge in [0.15, 0.2) is 0 Å². The average Bonchev–Trinajstić information content (AvgIpc) is 2.72. The first-order valence-electron chi connectivity index (χ1n) is 8.22. The lowest BCUT2D eigenvalue weighted by Gasteiger charge is -2.05. The van der Waals surface area contributed by atoms with Gasteiger partial charge in [0, 0.05) is 6.07 Å². The molecule has 0 unspecified atom stereocenters. The van der Waals surface area contributed by atoms with Gasteiger partial charge in [-0.25, -0.2) is 5.48 Å². The predicted molar refractivity (Wildman–Crippen MR) is 111 cm³/mol. The fourth-order valence-corrected chi connectivity index (χ4v) is 2.55. The smallest absolute Gasteiger partial charge is 0.318 e. The van der Waals surface area contributed by atoms with E-state index in [-0.39, 0.29) is 16.2 Å². The molecule has 2 aromatic rings. The van der Waals surface area contributed by atoms with Crippen molar-refractivity contribution in [1.29, 1.82) is 0 Å². The summed E-state index contributed by atoms with van der Waals surface area (Å²) in [6.07, 6.45) is 0.961. The Hall–Kier alpha value is -4.15. The zero-order valence-electron chi connectivity index (χ0n) is 16.6. The van der Waals surface area contributed by atoms with Gasteiger partial charge in [-0.15, -0.1) is 5.10 Å². The van der Waals surface area contributed by atoms with Crippen LogP contribution in [-0.2, 0) is 10.1 Å². The summed E-state index contributed by atoms with van der Waals surface area (Å²) in [6.45, 7) is 1.84. The maximum atomic E-state index is 10.9. The molecule has 0 spiro atoms. The highest BCUT2D eigenvalue weighted by Crippen LogP contribution is 2.34. The van der Waals surface area contributed by atoms with Crippen LogP contribution in [0.2, 0.25) is 0 Å². The van der Waals surface area contributed by atoms with Crippen molar-refractivity contribution < 1.29 is 32.8 Å². The van der Waals surface area contributed by atoms with Crippen molar-refractivity contribution in [2.75, 3.05) is 7.11 Å². The van der Waals surface area contributed by atoms with Gasteiger partial charge in [-0.3, -0.25) is 30.0 Å². The number of ether oxygens (including phenoxy) is 1. The number of methoxy groups -OCH3 is 1. The van der Waals surface area contributed by atoms with Gasteiger partial charge in [-0.05, 0) is 19.1 Å². The molecule has 16 heteroatoms. The molecule has 15 nitrogen and oxygen atoms in total. The van der Waals surface area contributed by atoms with Gasteiger partial charge in [0.1, 0.15) is 0 Å². The highest BCUT2D eigenvalue weighted by molar-refractivity contribution is 7.85. The van der Waals surface area contributed by atoms with Crippen LogP contribution in [0.15, 0.2) is 51.5 Å². The van der Waals surface area contributed by atoms with E-state index in [4.69, 9.17) is 20.2 Å². The fourth-order valence-electron chi connectivity index (χ4n) is 2.07. The number of nitrogens with two attached hydrogens (primary N) is 1. The molecule has 0 bridgehead atoms. The Kier molecular flexibility index (Phi) is 9.14. The molecule has 172 valence electrons. The van der Waals surface area contributed by atoms with Crippen molar-refractivity contribution in [2.24, 2.45) is 15.9 Å². The summed E-state index contributed by atoms with van der Waals surface area (Å²) >= 11 is 0. The third-order valence-electron chi connectivity index (χ3n) is 3.49. The number of non-ortho nitro benzene ring substituents is 1. The molecule has 0 heterocycles. The number of nitro groups is 2. The van der Waals surface area contributed by atoms with E-state index in [1.165, 1.54) is 24.7 Å². The first kappa shape index (κ1) is 25.9. The molecule has 0 saturated heterocycles. The number of guanidine groups is 1. The Morgan fingerprint density at radius 1 is 1.19 bits per heavy atom. The normalized spacial score (nSPS) is 11.4. The molecule has 0 aliphatic heterocycles. The highest BCUT2D eigenvalue weighted by Gasteiger charge is 2.24. The number of nitrogens with one attached hydrogen (secondary N) is 1. The first-order chi connectivity index (χ1) is 14.9. The van der Waals surface area contributed by atoms with E-state index in [2.05, 4.69) is 10.2 Å². The topological polar surface area (TPSA) is 233 Å². The van der Waals surface area contributed by atoms with Crippen molar-refractivity contribution in [3.8, 4) is 5.75 Å². The summed E-state index contributed by atoms with van der Waals surface area (Å²) in [6, 6.07) is 7.78. The van der Waals surface area contributed by atoms with E-state index >= 15 is 0 Å². The molecule has 2 aromatic carbocycles. The molecule has 0 saturated carbocycles. The molecule has 0 fully saturated rings. The zero-order valence-corrected chi connectivity index (χ0v) is 17.4. The van der Waals surface area contributed by atoms with E-state index in [1.54, 1.807) is 12.1 Å². The summed E-state index contributed by atoms with van der Waals surface area (Å²) in [5.74, 6) is -0.662. The number of nitrogens with zero attached hydrogens (tertiary/aromatic N) is 4. The van der Waals surface area contributed by atoms with Crippen LogP contribution in [0.1, 0.15) is 11.1 Å². The molecule has 0 radical (unpaired) electrons. The summed E-state index contributed by atoms with van der Waals surface area (Å²) < 4.78 is 34.4. The zero-order chi connectivity index (χ0) is 24.5. The Bertz CT molecular complexity index is 1150. The maximum Gasteiger partial charge on any atom is 0.318 e. The second-order valence-corrected chi connectivity index (χ2v) is 7.15. The molecule has 5 N–H and O–H groups in total. The molecular formula is C16H18N6O9S. The van der Waals surface area contributed by atoms with Gasteiger partial charge in [0.05, 0.1) is 39.7 Å². The van der Waals surface area contributed by atoms with E-state index in [0.717, 1.165) is 23.9 Å². The number of benzene rings is 2. The SMILES string of the molecule is COc1c(C=NN=C(N)NO)cc([N+](=O)[O-])cc1[N+](=O)[O-].Cc1ccc(S(=O)(=O)O)cc1. The summed E-state index contributed by atoms with van der Waals surface area (Å²) in [5, 5.41) is 36.7. The Balaban J connectivity index is 0.000000389. The number of hydrogen-bond donors (Lipinski definition) is 4. The van der Waals surface area contributed by atoms with Gasteiger partial charge < -0.3 is 10.5 Å². The lowest BCUT2D eigenvalue weighted by molar-refractivity contribution is -0.394. The Labute approximate surface area is 180 Å². The number of aryl methyl sites for hydroxylation is 1. The summed E-state index contributed by atoms with van der Waals surface area (Å²) in [7, 11) is -2.85. The molecule has 0 aromatic heterocycles. The molecule has 0 aliphatic rings. The molecule has 2 rings (SSSR count). The lowest BCUT2D eigenvalue weighted by Crippen LogP contribution is -2.27. The quantitative estimate of drug-likeness (QED) is 0.155. The highest BCUT2D eigenvalue weighted by atomic mass is 32.2. The summed E-state index contributed by atoms with van der Waals surface area (Å²) in [5.41, 5.74) is 6.40. The van der Waals surface area contributed by atoms with Gasteiger partial charge in [0.25, 0.3) is 15.8 Å². The molecule has 0 aliphatic carbocycles. The molecule has 0 atom stereocenters.